The molecule has 0 fully saturated rings. The largest absolute Gasteiger partial charge is 0.325 e. The Bertz CT molecular complexity index is 971. The Labute approximate surface area is 158 Å². The summed E-state index contributed by atoms with van der Waals surface area (Å²) in [5.74, 6) is -0.713. The van der Waals surface area contributed by atoms with Crippen LogP contribution in [-0.4, -0.2) is 21.7 Å². The Morgan fingerprint density at radius 3 is 2.48 bits per heavy atom. The smallest absolute Gasteiger partial charge is 0.269 e. The van der Waals surface area contributed by atoms with Crippen molar-refractivity contribution in [2.24, 2.45) is 0 Å². The number of benzene rings is 2. The van der Waals surface area contributed by atoms with Crippen molar-refractivity contribution in [3.05, 3.63) is 81.3 Å². The topological polar surface area (TPSA) is 114 Å². The van der Waals surface area contributed by atoms with Crippen molar-refractivity contribution >= 4 is 39.7 Å². The predicted octanol–water partition coefficient (Wildman–Crippen LogP) is 3.48. The molecule has 0 aliphatic carbocycles. The van der Waals surface area contributed by atoms with Gasteiger partial charge in [0.05, 0.1) is 22.6 Å². The van der Waals surface area contributed by atoms with Crippen LogP contribution in [0.15, 0.2) is 60.1 Å². The molecule has 0 saturated heterocycles. The van der Waals surface area contributed by atoms with Gasteiger partial charge in [0.1, 0.15) is 0 Å². The van der Waals surface area contributed by atoms with Crippen LogP contribution < -0.4 is 10.6 Å². The van der Waals surface area contributed by atoms with Crippen LogP contribution in [0.4, 0.5) is 16.5 Å². The van der Waals surface area contributed by atoms with Gasteiger partial charge in [0, 0.05) is 23.7 Å². The molecule has 27 heavy (non-hydrogen) atoms. The number of rotatable bonds is 6. The summed E-state index contributed by atoms with van der Waals surface area (Å²) < 4.78 is 0. The lowest BCUT2D eigenvalue weighted by Gasteiger charge is -2.10. The quantitative estimate of drug-likeness (QED) is 0.500. The van der Waals surface area contributed by atoms with Crippen LogP contribution in [0.2, 0.25) is 0 Å². The third-order valence-corrected chi connectivity index (χ3v) is 4.30. The van der Waals surface area contributed by atoms with Crippen LogP contribution >= 0.6 is 11.3 Å². The maximum absolute atomic E-state index is 12.4. The third kappa shape index (κ3) is 4.73. The summed E-state index contributed by atoms with van der Waals surface area (Å²) in [5, 5.41) is 18.3. The van der Waals surface area contributed by atoms with Crippen molar-refractivity contribution in [3.63, 3.8) is 0 Å². The number of nitro benzene ring substituents is 1. The van der Waals surface area contributed by atoms with Gasteiger partial charge in [-0.05, 0) is 17.7 Å². The molecule has 8 nitrogen and oxygen atoms in total. The molecule has 0 spiro atoms. The van der Waals surface area contributed by atoms with Gasteiger partial charge in [-0.3, -0.25) is 25.0 Å². The van der Waals surface area contributed by atoms with Gasteiger partial charge in [-0.1, -0.05) is 24.3 Å². The second-order valence-electron chi connectivity index (χ2n) is 5.49. The highest BCUT2D eigenvalue weighted by atomic mass is 32.1. The summed E-state index contributed by atoms with van der Waals surface area (Å²) in [6, 6.07) is 12.4. The summed E-state index contributed by atoms with van der Waals surface area (Å²) in [7, 11) is 0. The number of carbonyl (C=O) groups is 2. The minimum Gasteiger partial charge on any atom is -0.325 e. The molecule has 1 aromatic heterocycles. The first-order chi connectivity index (χ1) is 13.0. The standard InChI is InChI=1S/C18H14N4O4S/c23-16(11-12-5-7-13(8-6-12)22(25)26)20-15-4-2-1-3-14(15)17(24)21-18-19-9-10-27-18/h1-10H,11H2,(H,20,23)(H,19,21,24). The van der Waals surface area contributed by atoms with E-state index in [1.807, 2.05) is 0 Å². The summed E-state index contributed by atoms with van der Waals surface area (Å²) in [4.78, 5) is 38.9. The van der Waals surface area contributed by atoms with Crippen LogP contribution in [0.25, 0.3) is 0 Å². The molecule has 2 N–H and O–H groups in total. The maximum atomic E-state index is 12.4. The number of aromatic nitrogens is 1. The first-order valence-corrected chi connectivity index (χ1v) is 8.74. The molecule has 9 heteroatoms. The number of hydrogen-bond donors (Lipinski definition) is 2. The highest BCUT2D eigenvalue weighted by Crippen LogP contribution is 2.19. The number of anilines is 2. The van der Waals surface area contributed by atoms with E-state index in [4.69, 9.17) is 0 Å². The van der Waals surface area contributed by atoms with Gasteiger partial charge in [0.2, 0.25) is 5.91 Å². The van der Waals surface area contributed by atoms with Crippen LogP contribution in [0.3, 0.4) is 0 Å². The number of non-ortho nitro benzene ring substituents is 1. The molecule has 0 bridgehead atoms. The summed E-state index contributed by atoms with van der Waals surface area (Å²) in [5.41, 5.74) is 1.27. The van der Waals surface area contributed by atoms with Crippen LogP contribution in [-0.2, 0) is 11.2 Å². The Morgan fingerprint density at radius 1 is 1.07 bits per heavy atom. The zero-order valence-electron chi connectivity index (χ0n) is 13.9. The van der Waals surface area contributed by atoms with E-state index < -0.39 is 4.92 Å². The lowest BCUT2D eigenvalue weighted by atomic mass is 10.1. The molecule has 0 radical (unpaired) electrons. The lowest BCUT2D eigenvalue weighted by molar-refractivity contribution is -0.384. The van der Waals surface area contributed by atoms with E-state index in [9.17, 15) is 19.7 Å². The van der Waals surface area contributed by atoms with Crippen molar-refractivity contribution in [2.75, 3.05) is 10.6 Å². The van der Waals surface area contributed by atoms with Crippen molar-refractivity contribution in [2.45, 2.75) is 6.42 Å². The molecular weight excluding hydrogens is 368 g/mol. The van der Waals surface area contributed by atoms with Gasteiger partial charge in [-0.2, -0.15) is 0 Å². The monoisotopic (exact) mass is 382 g/mol. The summed E-state index contributed by atoms with van der Waals surface area (Å²) in [6.45, 7) is 0. The van der Waals surface area contributed by atoms with Crippen molar-refractivity contribution in [1.29, 1.82) is 0 Å². The highest BCUT2D eigenvalue weighted by Gasteiger charge is 2.15. The molecule has 1 heterocycles. The van der Waals surface area contributed by atoms with E-state index in [-0.39, 0.29) is 23.9 Å². The first kappa shape index (κ1) is 18.2. The fourth-order valence-corrected chi connectivity index (χ4v) is 2.88. The normalized spacial score (nSPS) is 10.2. The zero-order valence-corrected chi connectivity index (χ0v) is 14.7. The fourth-order valence-electron chi connectivity index (χ4n) is 2.36. The second-order valence-corrected chi connectivity index (χ2v) is 6.38. The number of thiazole rings is 1. The Morgan fingerprint density at radius 2 is 1.81 bits per heavy atom. The summed E-state index contributed by atoms with van der Waals surface area (Å²) >= 11 is 1.29. The molecule has 0 aliphatic rings. The molecule has 0 unspecified atom stereocenters. The predicted molar refractivity (Wildman–Crippen MR) is 102 cm³/mol. The number of carbonyl (C=O) groups excluding carboxylic acids is 2. The molecule has 3 rings (SSSR count). The van der Waals surface area contributed by atoms with Gasteiger partial charge in [0.25, 0.3) is 11.6 Å². The molecule has 2 amide bonds. The zero-order chi connectivity index (χ0) is 19.2. The average molecular weight is 382 g/mol. The molecule has 0 aliphatic heterocycles. The molecule has 0 atom stereocenters. The number of nitrogens with one attached hydrogen (secondary N) is 2. The van der Waals surface area contributed by atoms with Gasteiger partial charge in [0.15, 0.2) is 5.13 Å². The van der Waals surface area contributed by atoms with Crippen molar-refractivity contribution < 1.29 is 14.5 Å². The molecular formula is C18H14N4O4S. The Hall–Kier alpha value is -3.59. The Kier molecular flexibility index (Phi) is 5.53. The van der Waals surface area contributed by atoms with Crippen LogP contribution in [0.1, 0.15) is 15.9 Å². The van der Waals surface area contributed by atoms with Gasteiger partial charge in [-0.25, -0.2) is 4.98 Å². The van der Waals surface area contributed by atoms with E-state index in [1.54, 1.807) is 35.8 Å². The van der Waals surface area contributed by atoms with Gasteiger partial charge >= 0.3 is 0 Å². The molecule has 3 aromatic rings. The average Bonchev–Trinajstić information content (AvgIpc) is 3.15. The number of amides is 2. The van der Waals surface area contributed by atoms with Crippen LogP contribution in [0, 0.1) is 10.1 Å². The van der Waals surface area contributed by atoms with Gasteiger partial charge < -0.3 is 5.32 Å². The minimum absolute atomic E-state index is 0.0282. The lowest BCUT2D eigenvalue weighted by Crippen LogP contribution is -2.19. The van der Waals surface area contributed by atoms with E-state index in [0.717, 1.165) is 0 Å². The SMILES string of the molecule is O=C(Cc1ccc([N+](=O)[O-])cc1)Nc1ccccc1C(=O)Nc1nccs1. The Balaban J connectivity index is 1.69. The number of nitrogens with zero attached hydrogens (tertiary/aromatic N) is 2. The van der Waals surface area contributed by atoms with Crippen molar-refractivity contribution in [3.8, 4) is 0 Å². The third-order valence-electron chi connectivity index (χ3n) is 3.61. The molecule has 136 valence electrons. The second kappa shape index (κ2) is 8.19. The van der Waals surface area contributed by atoms with E-state index >= 15 is 0 Å². The number of nitro groups is 1. The molecule has 0 saturated carbocycles. The number of para-hydroxylation sites is 1. The summed E-state index contributed by atoms with van der Waals surface area (Å²) in [6.07, 6.45) is 1.61. The van der Waals surface area contributed by atoms with E-state index in [0.29, 0.717) is 21.9 Å². The fraction of sp³-hybridized carbons (Fsp3) is 0.0556. The number of hydrogen-bond acceptors (Lipinski definition) is 6. The first-order valence-electron chi connectivity index (χ1n) is 7.86. The minimum atomic E-state index is -0.499. The highest BCUT2D eigenvalue weighted by molar-refractivity contribution is 7.13. The van der Waals surface area contributed by atoms with Crippen LogP contribution in [0.5, 0.6) is 0 Å². The van der Waals surface area contributed by atoms with E-state index in [2.05, 4.69) is 15.6 Å². The van der Waals surface area contributed by atoms with E-state index in [1.165, 1.54) is 35.6 Å². The maximum Gasteiger partial charge on any atom is 0.269 e. The molecule has 2 aromatic carbocycles. The van der Waals surface area contributed by atoms with Crippen molar-refractivity contribution in [1.82, 2.24) is 4.98 Å². The van der Waals surface area contributed by atoms with Gasteiger partial charge in [-0.15, -0.1) is 11.3 Å².